The molecule has 0 bridgehead atoms. The van der Waals surface area contributed by atoms with E-state index in [4.69, 9.17) is 0 Å². The Bertz CT molecular complexity index is 1310. The van der Waals surface area contributed by atoms with Crippen molar-refractivity contribution >= 4 is 38.2 Å². The minimum absolute atomic E-state index is 0.0753. The number of fused-ring (bicyclic) bond motifs is 1. The van der Waals surface area contributed by atoms with E-state index < -0.39 is 33.2 Å². The fourth-order valence-corrected chi connectivity index (χ4v) is 5.00. The Morgan fingerprint density at radius 2 is 1.71 bits per heavy atom. The van der Waals surface area contributed by atoms with E-state index in [1.54, 1.807) is 29.2 Å². The molecule has 7 nitrogen and oxygen atoms in total. The summed E-state index contributed by atoms with van der Waals surface area (Å²) in [5.41, 5.74) is -0.615. The van der Waals surface area contributed by atoms with Crippen molar-refractivity contribution in [3.63, 3.8) is 0 Å². The van der Waals surface area contributed by atoms with Gasteiger partial charge in [0, 0.05) is 35.9 Å². The van der Waals surface area contributed by atoms with E-state index in [0.717, 1.165) is 18.2 Å². The molecule has 0 fully saturated rings. The lowest BCUT2D eigenvalue weighted by molar-refractivity contribution is -0.137. The van der Waals surface area contributed by atoms with Gasteiger partial charge in [-0.05, 0) is 38.1 Å². The van der Waals surface area contributed by atoms with E-state index in [9.17, 15) is 31.2 Å². The van der Waals surface area contributed by atoms with Gasteiger partial charge < -0.3 is 14.8 Å². The van der Waals surface area contributed by atoms with Gasteiger partial charge in [-0.3, -0.25) is 9.59 Å². The Labute approximate surface area is 195 Å². The number of carbonyl (C=O) groups is 2. The van der Waals surface area contributed by atoms with Crippen LogP contribution in [0, 0.1) is 0 Å². The Balaban J connectivity index is 1.86. The van der Waals surface area contributed by atoms with Crippen LogP contribution in [0.15, 0.2) is 59.6 Å². The number of rotatable bonds is 8. The molecule has 0 atom stereocenters. The van der Waals surface area contributed by atoms with Gasteiger partial charge in [0.1, 0.15) is 12.3 Å². The van der Waals surface area contributed by atoms with Gasteiger partial charge in [0.05, 0.1) is 10.5 Å². The molecule has 0 aliphatic carbocycles. The highest BCUT2D eigenvalue weighted by Crippen LogP contribution is 2.31. The monoisotopic (exact) mass is 495 g/mol. The van der Waals surface area contributed by atoms with Crippen molar-refractivity contribution in [3.8, 4) is 0 Å². The molecule has 0 saturated heterocycles. The zero-order valence-corrected chi connectivity index (χ0v) is 19.4. The molecule has 0 unspecified atom stereocenters. The number of alkyl halides is 3. The molecule has 0 aliphatic rings. The molecule has 2 amide bonds. The number of likely N-dealkylation sites (N-methyl/N-ethyl adjacent to an activating group) is 1. The second-order valence-electron chi connectivity index (χ2n) is 7.59. The summed E-state index contributed by atoms with van der Waals surface area (Å²) in [5, 5.41) is 2.56. The topological polar surface area (TPSA) is 88.5 Å². The molecule has 0 spiro atoms. The third-order valence-electron chi connectivity index (χ3n) is 5.30. The Kier molecular flexibility index (Phi) is 7.35. The highest BCUT2D eigenvalue weighted by atomic mass is 32.2. The first-order valence-electron chi connectivity index (χ1n) is 10.5. The van der Waals surface area contributed by atoms with Crippen molar-refractivity contribution in [3.05, 3.63) is 60.3 Å². The van der Waals surface area contributed by atoms with Crippen molar-refractivity contribution in [2.45, 2.75) is 31.5 Å². The minimum Gasteiger partial charge on any atom is -0.342 e. The van der Waals surface area contributed by atoms with E-state index in [2.05, 4.69) is 5.32 Å². The molecule has 11 heteroatoms. The minimum atomic E-state index is -4.60. The lowest BCUT2D eigenvalue weighted by Gasteiger charge is -2.19. The first-order valence-corrected chi connectivity index (χ1v) is 12.2. The fourth-order valence-electron chi connectivity index (χ4n) is 3.63. The van der Waals surface area contributed by atoms with Gasteiger partial charge in [-0.15, -0.1) is 0 Å². The fraction of sp³-hybridized carbons (Fsp3) is 0.304. The summed E-state index contributed by atoms with van der Waals surface area (Å²) in [5.74, 6) is -2.13. The number of hydrogen-bond acceptors (Lipinski definition) is 4. The van der Waals surface area contributed by atoms with Gasteiger partial charge in [0.2, 0.25) is 11.8 Å². The van der Waals surface area contributed by atoms with Crippen molar-refractivity contribution in [2.24, 2.45) is 0 Å². The van der Waals surface area contributed by atoms with Crippen LogP contribution in [-0.4, -0.2) is 48.5 Å². The van der Waals surface area contributed by atoms with Crippen LogP contribution in [0.2, 0.25) is 0 Å². The number of carbonyl (C=O) groups excluding carboxylic acids is 2. The maximum atomic E-state index is 13.1. The summed E-state index contributed by atoms with van der Waals surface area (Å²) < 4.78 is 66.3. The van der Waals surface area contributed by atoms with Crippen molar-refractivity contribution in [2.75, 3.05) is 24.2 Å². The van der Waals surface area contributed by atoms with Gasteiger partial charge in [-0.1, -0.05) is 24.3 Å². The summed E-state index contributed by atoms with van der Waals surface area (Å²) in [4.78, 5) is 26.5. The molecule has 0 radical (unpaired) electrons. The molecule has 0 aliphatic heterocycles. The van der Waals surface area contributed by atoms with Crippen LogP contribution in [-0.2, 0) is 32.1 Å². The highest BCUT2D eigenvalue weighted by Gasteiger charge is 2.31. The number of nitrogens with zero attached hydrogens (tertiary/aromatic N) is 2. The summed E-state index contributed by atoms with van der Waals surface area (Å²) in [6.07, 6.45) is -3.28. The van der Waals surface area contributed by atoms with Crippen LogP contribution in [0.25, 0.3) is 10.9 Å². The molecule has 2 aromatic carbocycles. The van der Waals surface area contributed by atoms with Crippen LogP contribution < -0.4 is 5.32 Å². The molecule has 3 rings (SSSR count). The van der Waals surface area contributed by atoms with E-state index in [1.165, 1.54) is 16.8 Å². The average Bonchev–Trinajstić information content (AvgIpc) is 3.13. The van der Waals surface area contributed by atoms with Crippen molar-refractivity contribution < 1.29 is 31.2 Å². The van der Waals surface area contributed by atoms with Crippen LogP contribution in [0.1, 0.15) is 19.4 Å². The number of nitrogens with one attached hydrogen (secondary N) is 1. The first kappa shape index (κ1) is 25.3. The molecule has 34 heavy (non-hydrogen) atoms. The Hall–Kier alpha value is -3.34. The van der Waals surface area contributed by atoms with Gasteiger partial charge in [0.15, 0.2) is 9.84 Å². The quantitative estimate of drug-likeness (QED) is 0.513. The largest absolute Gasteiger partial charge is 0.416 e. The number of sulfone groups is 1. The van der Waals surface area contributed by atoms with Gasteiger partial charge in [0.25, 0.3) is 0 Å². The summed E-state index contributed by atoms with van der Waals surface area (Å²) in [6, 6.07) is 10.5. The zero-order valence-electron chi connectivity index (χ0n) is 18.6. The molecule has 1 heterocycles. The van der Waals surface area contributed by atoms with E-state index in [0.29, 0.717) is 24.0 Å². The van der Waals surface area contributed by atoms with Crippen molar-refractivity contribution in [1.82, 2.24) is 9.47 Å². The Morgan fingerprint density at radius 1 is 1.03 bits per heavy atom. The smallest absolute Gasteiger partial charge is 0.342 e. The standard InChI is InChI=1S/C23H24F3N3O4S/c1-3-28(4-2)22(31)14-29-13-20(18-10-5-6-11-19(18)29)34(32,33)15-21(30)27-17-9-7-8-16(12-17)23(24,25)26/h5-13H,3-4,14-15H2,1-2H3,(H,27,30). The number of aromatic nitrogens is 1. The summed E-state index contributed by atoms with van der Waals surface area (Å²) >= 11 is 0. The van der Waals surface area contributed by atoms with Crippen LogP contribution in [0.3, 0.4) is 0 Å². The maximum absolute atomic E-state index is 13.1. The number of benzene rings is 2. The second-order valence-corrected chi connectivity index (χ2v) is 9.55. The maximum Gasteiger partial charge on any atom is 0.416 e. The number of halogens is 3. The number of para-hydroxylation sites is 1. The molecular formula is C23H24F3N3O4S. The summed E-state index contributed by atoms with van der Waals surface area (Å²) in [6.45, 7) is 4.63. The van der Waals surface area contributed by atoms with E-state index in [1.807, 2.05) is 13.8 Å². The van der Waals surface area contributed by atoms with Crippen molar-refractivity contribution in [1.29, 1.82) is 0 Å². The van der Waals surface area contributed by atoms with Crippen LogP contribution in [0.4, 0.5) is 18.9 Å². The van der Waals surface area contributed by atoms with E-state index in [-0.39, 0.29) is 23.0 Å². The SMILES string of the molecule is CCN(CC)C(=O)Cn1cc(S(=O)(=O)CC(=O)Nc2cccc(C(F)(F)F)c2)c2ccccc21. The predicted molar refractivity (Wildman–Crippen MR) is 122 cm³/mol. The highest BCUT2D eigenvalue weighted by molar-refractivity contribution is 7.92. The summed E-state index contributed by atoms with van der Waals surface area (Å²) in [7, 11) is -4.17. The number of anilines is 1. The van der Waals surface area contributed by atoms with Gasteiger partial charge in [-0.25, -0.2) is 8.42 Å². The first-order chi connectivity index (χ1) is 16.0. The molecule has 1 aromatic heterocycles. The molecule has 1 N–H and O–H groups in total. The average molecular weight is 496 g/mol. The lowest BCUT2D eigenvalue weighted by Crippen LogP contribution is -2.33. The Morgan fingerprint density at radius 3 is 2.35 bits per heavy atom. The number of amides is 2. The van der Waals surface area contributed by atoms with E-state index >= 15 is 0 Å². The molecule has 182 valence electrons. The lowest BCUT2D eigenvalue weighted by atomic mass is 10.2. The molecular weight excluding hydrogens is 471 g/mol. The normalized spacial score (nSPS) is 12.0. The van der Waals surface area contributed by atoms with Crippen LogP contribution in [0.5, 0.6) is 0 Å². The van der Waals surface area contributed by atoms with Crippen LogP contribution >= 0.6 is 0 Å². The second kappa shape index (κ2) is 9.88. The van der Waals surface area contributed by atoms with Gasteiger partial charge in [-0.2, -0.15) is 13.2 Å². The zero-order chi connectivity index (χ0) is 25.1. The third kappa shape index (κ3) is 5.58. The number of hydrogen-bond donors (Lipinski definition) is 1. The molecule has 0 saturated carbocycles. The third-order valence-corrected chi connectivity index (χ3v) is 6.94. The predicted octanol–water partition coefficient (Wildman–Crippen LogP) is 3.94. The van der Waals surface area contributed by atoms with Gasteiger partial charge >= 0.3 is 6.18 Å². The molecule has 3 aromatic rings.